The van der Waals surface area contributed by atoms with E-state index in [2.05, 4.69) is 0 Å². The van der Waals surface area contributed by atoms with Crippen molar-refractivity contribution < 1.29 is 38.5 Å². The normalized spacial score (nSPS) is 11.0. The first kappa shape index (κ1) is 28.5. The molecule has 2 rings (SSSR count). The standard InChI is InChI=1S/C27H35NO8/c1-18(26(30)20-16-23(33-3)27(35-5)24(17-20)34-4)14-19-11-12-21(32-2)22(15-19)36-13-9-7-6-8-10-25(29)28-31/h11-12,14-17,31H,6-10,13H2,1-5H3,(H,28,29)/b18-14+. The number of amides is 1. The molecular weight excluding hydrogens is 466 g/mol. The molecule has 9 nitrogen and oxygen atoms in total. The number of benzene rings is 2. The molecule has 2 N–H and O–H groups in total. The molecule has 0 aromatic heterocycles. The molecule has 9 heteroatoms. The van der Waals surface area contributed by atoms with Crippen LogP contribution in [0.2, 0.25) is 0 Å². The molecule has 196 valence electrons. The number of nitrogens with one attached hydrogen (secondary N) is 1. The smallest absolute Gasteiger partial charge is 0.243 e. The molecule has 0 saturated heterocycles. The van der Waals surface area contributed by atoms with Crippen molar-refractivity contribution in [1.29, 1.82) is 0 Å². The van der Waals surface area contributed by atoms with E-state index in [0.717, 1.165) is 24.8 Å². The fraction of sp³-hybridized carbons (Fsp3) is 0.407. The van der Waals surface area contributed by atoms with Crippen LogP contribution in [0.4, 0.5) is 0 Å². The monoisotopic (exact) mass is 501 g/mol. The average Bonchev–Trinajstić information content (AvgIpc) is 2.90. The highest BCUT2D eigenvalue weighted by Gasteiger charge is 2.18. The van der Waals surface area contributed by atoms with Crippen LogP contribution in [0, 0.1) is 0 Å². The fourth-order valence-corrected chi connectivity index (χ4v) is 3.63. The zero-order valence-electron chi connectivity index (χ0n) is 21.5. The quantitative estimate of drug-likeness (QED) is 0.117. The Bertz CT molecular complexity index is 1040. The van der Waals surface area contributed by atoms with Crippen molar-refractivity contribution in [2.24, 2.45) is 0 Å². The number of hydroxylamine groups is 1. The van der Waals surface area contributed by atoms with Crippen LogP contribution in [0.3, 0.4) is 0 Å². The molecule has 0 fully saturated rings. The van der Waals surface area contributed by atoms with E-state index in [1.54, 1.807) is 43.8 Å². The van der Waals surface area contributed by atoms with Gasteiger partial charge in [0, 0.05) is 12.0 Å². The summed E-state index contributed by atoms with van der Waals surface area (Å²) < 4.78 is 27.4. The third-order valence-corrected chi connectivity index (χ3v) is 5.54. The Balaban J connectivity index is 2.09. The topological polar surface area (TPSA) is 113 Å². The van der Waals surface area contributed by atoms with Gasteiger partial charge in [-0.2, -0.15) is 0 Å². The maximum Gasteiger partial charge on any atom is 0.243 e. The molecule has 0 aliphatic carbocycles. The van der Waals surface area contributed by atoms with E-state index in [-0.39, 0.29) is 11.7 Å². The minimum absolute atomic E-state index is 0.178. The van der Waals surface area contributed by atoms with Gasteiger partial charge >= 0.3 is 0 Å². The number of carbonyl (C=O) groups is 2. The highest BCUT2D eigenvalue weighted by molar-refractivity contribution is 6.11. The van der Waals surface area contributed by atoms with E-state index in [9.17, 15) is 9.59 Å². The summed E-state index contributed by atoms with van der Waals surface area (Å²) in [4.78, 5) is 24.2. The number of hydrogen-bond donors (Lipinski definition) is 2. The highest BCUT2D eigenvalue weighted by Crippen LogP contribution is 2.39. The maximum atomic E-state index is 13.1. The molecule has 0 spiro atoms. The number of unbranched alkanes of at least 4 members (excludes halogenated alkanes) is 3. The Morgan fingerprint density at radius 3 is 2.06 bits per heavy atom. The Hall–Kier alpha value is -3.72. The molecule has 0 atom stereocenters. The zero-order valence-corrected chi connectivity index (χ0v) is 21.5. The van der Waals surface area contributed by atoms with Gasteiger partial charge in [0.1, 0.15) is 0 Å². The Morgan fingerprint density at radius 1 is 0.833 bits per heavy atom. The van der Waals surface area contributed by atoms with Crippen molar-refractivity contribution in [3.8, 4) is 28.7 Å². The Labute approximate surface area is 211 Å². The van der Waals surface area contributed by atoms with Crippen LogP contribution >= 0.6 is 0 Å². The summed E-state index contributed by atoms with van der Waals surface area (Å²) in [5.41, 5.74) is 3.36. The first-order chi connectivity index (χ1) is 17.4. The largest absolute Gasteiger partial charge is 0.493 e. The molecule has 0 heterocycles. The van der Waals surface area contributed by atoms with E-state index < -0.39 is 0 Å². The second-order valence-corrected chi connectivity index (χ2v) is 8.03. The number of rotatable bonds is 15. The van der Waals surface area contributed by atoms with Crippen LogP contribution in [0.25, 0.3) is 6.08 Å². The van der Waals surface area contributed by atoms with Crippen molar-refractivity contribution in [2.45, 2.75) is 39.0 Å². The third kappa shape index (κ3) is 7.91. The van der Waals surface area contributed by atoms with Gasteiger partial charge in [-0.15, -0.1) is 0 Å². The fourth-order valence-electron chi connectivity index (χ4n) is 3.63. The van der Waals surface area contributed by atoms with Gasteiger partial charge in [0.15, 0.2) is 28.8 Å². The summed E-state index contributed by atoms with van der Waals surface area (Å²) in [7, 11) is 6.09. The minimum atomic E-state index is -0.375. The zero-order chi connectivity index (χ0) is 26.5. The molecular formula is C27H35NO8. The maximum absolute atomic E-state index is 13.1. The van der Waals surface area contributed by atoms with Gasteiger partial charge in [-0.05, 0) is 61.2 Å². The summed E-state index contributed by atoms with van der Waals surface area (Å²) >= 11 is 0. The summed E-state index contributed by atoms with van der Waals surface area (Å²) in [5, 5.41) is 8.51. The molecule has 0 aliphatic heterocycles. The lowest BCUT2D eigenvalue weighted by atomic mass is 10.0. The number of ether oxygens (including phenoxy) is 5. The number of methoxy groups -OCH3 is 4. The van der Waals surface area contributed by atoms with Gasteiger partial charge in [-0.25, -0.2) is 5.48 Å². The number of hydrogen-bond acceptors (Lipinski definition) is 8. The second-order valence-electron chi connectivity index (χ2n) is 8.03. The number of ketones is 1. The highest BCUT2D eigenvalue weighted by atomic mass is 16.5. The van der Waals surface area contributed by atoms with Crippen molar-refractivity contribution in [3.05, 3.63) is 47.0 Å². The SMILES string of the molecule is COc1ccc(/C=C(\C)C(=O)c2cc(OC)c(OC)c(OC)c2)cc1OCCCCCCC(=O)NO. The van der Waals surface area contributed by atoms with Crippen LogP contribution in [-0.4, -0.2) is 51.9 Å². The van der Waals surface area contributed by atoms with Crippen LogP contribution in [0.5, 0.6) is 28.7 Å². The molecule has 36 heavy (non-hydrogen) atoms. The molecule has 2 aromatic carbocycles. The van der Waals surface area contributed by atoms with E-state index in [1.165, 1.54) is 21.3 Å². The van der Waals surface area contributed by atoms with Gasteiger partial charge in [-0.3, -0.25) is 14.8 Å². The van der Waals surface area contributed by atoms with Crippen molar-refractivity contribution in [3.63, 3.8) is 0 Å². The average molecular weight is 502 g/mol. The van der Waals surface area contributed by atoms with Gasteiger partial charge in [0.05, 0.1) is 35.0 Å². The summed E-state index contributed by atoms with van der Waals surface area (Å²) in [5.74, 6) is 1.86. The lowest BCUT2D eigenvalue weighted by Crippen LogP contribution is -2.17. The predicted molar refractivity (Wildman–Crippen MR) is 136 cm³/mol. The first-order valence-electron chi connectivity index (χ1n) is 11.6. The molecule has 0 unspecified atom stereocenters. The molecule has 0 aliphatic rings. The summed E-state index contributed by atoms with van der Waals surface area (Å²) in [6.07, 6.45) is 5.34. The van der Waals surface area contributed by atoms with Gasteiger partial charge < -0.3 is 23.7 Å². The van der Waals surface area contributed by atoms with E-state index >= 15 is 0 Å². The molecule has 0 radical (unpaired) electrons. The van der Waals surface area contributed by atoms with Crippen molar-refractivity contribution in [2.75, 3.05) is 35.0 Å². The number of allylic oxidation sites excluding steroid dienone is 1. The van der Waals surface area contributed by atoms with Crippen LogP contribution in [-0.2, 0) is 4.79 Å². The van der Waals surface area contributed by atoms with E-state index in [1.807, 2.05) is 12.1 Å². The molecule has 0 saturated carbocycles. The lowest BCUT2D eigenvalue weighted by Gasteiger charge is -2.14. The van der Waals surface area contributed by atoms with E-state index in [0.29, 0.717) is 59.3 Å². The predicted octanol–water partition coefficient (Wildman–Crippen LogP) is 4.84. The third-order valence-electron chi connectivity index (χ3n) is 5.54. The molecule has 2 aromatic rings. The first-order valence-corrected chi connectivity index (χ1v) is 11.6. The van der Waals surface area contributed by atoms with Gasteiger partial charge in [-0.1, -0.05) is 18.9 Å². The number of carbonyl (C=O) groups excluding carboxylic acids is 2. The van der Waals surface area contributed by atoms with Gasteiger partial charge in [0.2, 0.25) is 11.7 Å². The van der Waals surface area contributed by atoms with Crippen LogP contribution in [0.15, 0.2) is 35.9 Å². The van der Waals surface area contributed by atoms with E-state index in [4.69, 9.17) is 28.9 Å². The van der Waals surface area contributed by atoms with Gasteiger partial charge in [0.25, 0.3) is 0 Å². The lowest BCUT2D eigenvalue weighted by molar-refractivity contribution is -0.129. The van der Waals surface area contributed by atoms with Crippen LogP contribution in [0.1, 0.15) is 54.9 Å². The summed E-state index contributed by atoms with van der Waals surface area (Å²) in [6.45, 7) is 2.23. The minimum Gasteiger partial charge on any atom is -0.493 e. The Morgan fingerprint density at radius 2 is 1.47 bits per heavy atom. The molecule has 0 bridgehead atoms. The Kier molecular flexibility index (Phi) is 11.6. The number of Topliss-reactive ketones (excluding diaryl/α,β-unsaturated/α-hetero) is 1. The van der Waals surface area contributed by atoms with Crippen LogP contribution < -0.4 is 29.2 Å². The molecule has 1 amide bonds. The summed E-state index contributed by atoms with van der Waals surface area (Å²) in [6, 6.07) is 8.73. The van der Waals surface area contributed by atoms with Crippen molar-refractivity contribution >= 4 is 17.8 Å². The van der Waals surface area contributed by atoms with Crippen molar-refractivity contribution in [1.82, 2.24) is 5.48 Å². The second kappa shape index (κ2) is 14.6.